The number of ether oxygens (including phenoxy) is 1. The van der Waals surface area contributed by atoms with Crippen molar-refractivity contribution in [1.29, 1.82) is 0 Å². The Labute approximate surface area is 139 Å². The molecule has 0 aromatic heterocycles. The summed E-state index contributed by atoms with van der Waals surface area (Å²) in [7, 11) is 0. The van der Waals surface area contributed by atoms with Crippen LogP contribution in [0.15, 0.2) is 48.4 Å². The Morgan fingerprint density at radius 3 is 2.21 bits per heavy atom. The monoisotopic (exact) mass is 326 g/mol. The number of nitro benzene ring substituents is 2. The van der Waals surface area contributed by atoms with Crippen LogP contribution in [-0.2, 0) is 0 Å². The molecule has 0 amide bonds. The summed E-state index contributed by atoms with van der Waals surface area (Å²) in [6, 6.07) is 10.3. The Hall–Kier alpha value is -3.16. The first-order valence-electron chi connectivity index (χ1n) is 7.26. The lowest BCUT2D eigenvalue weighted by Crippen LogP contribution is -1.96. The highest BCUT2D eigenvalue weighted by Crippen LogP contribution is 2.34. The van der Waals surface area contributed by atoms with E-state index in [1.807, 2.05) is 18.2 Å². The van der Waals surface area contributed by atoms with Crippen molar-refractivity contribution in [3.8, 4) is 11.5 Å². The third-order valence-corrected chi connectivity index (χ3v) is 3.13. The van der Waals surface area contributed by atoms with Crippen molar-refractivity contribution < 1.29 is 14.6 Å². The second-order valence-corrected chi connectivity index (χ2v) is 5.44. The van der Waals surface area contributed by atoms with E-state index in [1.54, 1.807) is 12.1 Å². The molecule has 2 aromatic rings. The lowest BCUT2D eigenvalue weighted by atomic mass is 9.55. The highest BCUT2D eigenvalue weighted by Gasteiger charge is 2.21. The van der Waals surface area contributed by atoms with Crippen molar-refractivity contribution in [1.82, 2.24) is 0 Å². The van der Waals surface area contributed by atoms with Crippen molar-refractivity contribution in [2.45, 2.75) is 13.6 Å². The van der Waals surface area contributed by atoms with Crippen LogP contribution in [0.3, 0.4) is 0 Å². The standard InChI is InChI=1S/C16H15BN2O5/c1-17(2)10-9-12-3-6-14(7-4-12)24-16-8-5-13(18(20)21)11-15(16)19(22)23/h3-11H,1-2H3. The van der Waals surface area contributed by atoms with E-state index < -0.39 is 15.5 Å². The Morgan fingerprint density at radius 2 is 1.67 bits per heavy atom. The molecule has 7 nitrogen and oxygen atoms in total. The predicted molar refractivity (Wildman–Crippen MR) is 92.8 cm³/mol. The summed E-state index contributed by atoms with van der Waals surface area (Å²) in [5.41, 5.74) is 0.172. The van der Waals surface area contributed by atoms with Crippen LogP contribution in [0.25, 0.3) is 6.08 Å². The molecule has 0 fully saturated rings. The van der Waals surface area contributed by atoms with Crippen LogP contribution in [0, 0.1) is 20.2 Å². The maximum absolute atomic E-state index is 11.1. The number of hydrogen-bond donors (Lipinski definition) is 0. The summed E-state index contributed by atoms with van der Waals surface area (Å²) in [6.45, 7) is 4.58. The summed E-state index contributed by atoms with van der Waals surface area (Å²) in [5.74, 6) is 2.42. The van der Waals surface area contributed by atoms with Gasteiger partial charge < -0.3 is 4.74 Å². The van der Waals surface area contributed by atoms with Gasteiger partial charge in [0.05, 0.1) is 15.9 Å². The zero-order chi connectivity index (χ0) is 17.7. The second-order valence-electron chi connectivity index (χ2n) is 5.44. The summed E-state index contributed by atoms with van der Waals surface area (Å²) < 4.78 is 5.50. The van der Waals surface area contributed by atoms with Crippen LogP contribution in [0.5, 0.6) is 11.5 Å². The molecule has 122 valence electrons. The quantitative estimate of drug-likeness (QED) is 0.439. The summed E-state index contributed by atoms with van der Waals surface area (Å²) in [4.78, 5) is 20.4. The van der Waals surface area contributed by atoms with E-state index in [2.05, 4.69) is 19.6 Å². The molecule has 2 rings (SSSR count). The van der Waals surface area contributed by atoms with E-state index in [4.69, 9.17) is 4.74 Å². The number of rotatable bonds is 6. The molecule has 0 aliphatic rings. The molecule has 0 heterocycles. The number of benzene rings is 2. The van der Waals surface area contributed by atoms with Gasteiger partial charge in [-0.2, -0.15) is 0 Å². The van der Waals surface area contributed by atoms with Crippen LogP contribution in [0.4, 0.5) is 11.4 Å². The van der Waals surface area contributed by atoms with Crippen LogP contribution in [0.2, 0.25) is 13.6 Å². The molecular formula is C16H15BN2O5. The first kappa shape index (κ1) is 17.2. The van der Waals surface area contributed by atoms with Crippen molar-refractivity contribution in [3.05, 3.63) is 74.2 Å². The van der Waals surface area contributed by atoms with Gasteiger partial charge >= 0.3 is 5.69 Å². The molecule has 0 saturated heterocycles. The summed E-state index contributed by atoms with van der Waals surface area (Å²) in [6.07, 6.45) is 1.97. The number of non-ortho nitro benzene ring substituents is 1. The van der Waals surface area contributed by atoms with Gasteiger partial charge in [0, 0.05) is 6.07 Å². The Kier molecular flexibility index (Phi) is 5.31. The normalized spacial score (nSPS) is 10.6. The maximum atomic E-state index is 11.1. The predicted octanol–water partition coefficient (Wildman–Crippen LogP) is 4.60. The number of hydrogen-bond acceptors (Lipinski definition) is 5. The van der Waals surface area contributed by atoms with E-state index in [1.165, 1.54) is 12.1 Å². The van der Waals surface area contributed by atoms with Crippen LogP contribution in [-0.4, -0.2) is 16.6 Å². The van der Waals surface area contributed by atoms with Gasteiger partial charge in [0.25, 0.3) is 5.69 Å². The molecule has 0 bridgehead atoms. The van der Waals surface area contributed by atoms with Crippen LogP contribution in [0.1, 0.15) is 5.56 Å². The fourth-order valence-corrected chi connectivity index (χ4v) is 1.93. The lowest BCUT2D eigenvalue weighted by molar-refractivity contribution is -0.394. The van der Waals surface area contributed by atoms with Gasteiger partial charge in [0.15, 0.2) is 6.71 Å². The molecule has 0 spiro atoms. The van der Waals surface area contributed by atoms with Gasteiger partial charge in [-0.15, -0.1) is 5.98 Å². The van der Waals surface area contributed by atoms with E-state index in [-0.39, 0.29) is 11.4 Å². The first-order chi connectivity index (χ1) is 11.4. The number of nitrogens with zero attached hydrogens (tertiary/aromatic N) is 2. The molecule has 0 aliphatic heterocycles. The first-order valence-corrected chi connectivity index (χ1v) is 7.26. The maximum Gasteiger partial charge on any atom is 0.318 e. The smallest absolute Gasteiger partial charge is 0.318 e. The third-order valence-electron chi connectivity index (χ3n) is 3.13. The zero-order valence-electron chi connectivity index (χ0n) is 13.2. The molecule has 0 aliphatic carbocycles. The third kappa shape index (κ3) is 4.42. The fraction of sp³-hybridized carbons (Fsp3) is 0.125. The molecular weight excluding hydrogens is 311 g/mol. The van der Waals surface area contributed by atoms with Gasteiger partial charge in [-0.25, -0.2) is 0 Å². The van der Waals surface area contributed by atoms with Crippen molar-refractivity contribution >= 4 is 24.2 Å². The summed E-state index contributed by atoms with van der Waals surface area (Å²) in [5, 5.41) is 21.8. The lowest BCUT2D eigenvalue weighted by Gasteiger charge is -2.06. The summed E-state index contributed by atoms with van der Waals surface area (Å²) >= 11 is 0. The highest BCUT2D eigenvalue weighted by molar-refractivity contribution is 6.62. The van der Waals surface area contributed by atoms with Crippen molar-refractivity contribution in [2.75, 3.05) is 0 Å². The fourth-order valence-electron chi connectivity index (χ4n) is 1.93. The largest absolute Gasteiger partial charge is 0.450 e. The second kappa shape index (κ2) is 7.41. The van der Waals surface area contributed by atoms with E-state index in [0.29, 0.717) is 12.5 Å². The average Bonchev–Trinajstić information content (AvgIpc) is 2.54. The minimum Gasteiger partial charge on any atom is -0.450 e. The van der Waals surface area contributed by atoms with Gasteiger partial charge in [0.2, 0.25) is 5.75 Å². The molecule has 0 N–H and O–H groups in total. The Balaban J connectivity index is 2.24. The van der Waals surface area contributed by atoms with Crippen LogP contribution < -0.4 is 4.74 Å². The Bertz CT molecular complexity index is 788. The molecule has 0 unspecified atom stereocenters. The topological polar surface area (TPSA) is 95.5 Å². The van der Waals surface area contributed by atoms with E-state index in [0.717, 1.165) is 11.6 Å². The minimum atomic E-state index is -0.706. The highest BCUT2D eigenvalue weighted by atomic mass is 16.6. The van der Waals surface area contributed by atoms with Crippen molar-refractivity contribution in [2.24, 2.45) is 0 Å². The molecule has 24 heavy (non-hydrogen) atoms. The van der Waals surface area contributed by atoms with Gasteiger partial charge in [-0.05, 0) is 23.8 Å². The average molecular weight is 326 g/mol. The molecule has 0 radical (unpaired) electrons. The van der Waals surface area contributed by atoms with Gasteiger partial charge in [-0.3, -0.25) is 20.2 Å². The van der Waals surface area contributed by atoms with E-state index in [9.17, 15) is 20.2 Å². The minimum absolute atomic E-state index is 0.0453. The molecule has 8 heteroatoms. The van der Waals surface area contributed by atoms with Crippen LogP contribution >= 0.6 is 0 Å². The molecule has 2 aromatic carbocycles. The molecule has 0 saturated carbocycles. The van der Waals surface area contributed by atoms with Gasteiger partial charge in [-0.1, -0.05) is 31.9 Å². The van der Waals surface area contributed by atoms with Gasteiger partial charge in [0.1, 0.15) is 5.75 Å². The SMILES string of the molecule is CB(C)C=Cc1ccc(Oc2ccc([N+](=O)[O-])cc2[N+](=O)[O-])cc1. The molecule has 0 atom stereocenters. The number of nitro groups is 2. The Morgan fingerprint density at radius 1 is 1.00 bits per heavy atom. The van der Waals surface area contributed by atoms with E-state index >= 15 is 0 Å². The van der Waals surface area contributed by atoms with Crippen molar-refractivity contribution in [3.63, 3.8) is 0 Å². The zero-order valence-corrected chi connectivity index (χ0v) is 13.2.